The van der Waals surface area contributed by atoms with Crippen molar-refractivity contribution in [3.8, 4) is 0 Å². The number of hydrogen-bond donors (Lipinski definition) is 3. The molecule has 0 bridgehead atoms. The molecule has 5 heteroatoms. The number of nitrogens with one attached hydrogen (secondary N) is 1. The largest absolute Gasteiger partial charge is 0.481 e. The van der Waals surface area contributed by atoms with E-state index in [0.29, 0.717) is 13.0 Å². The second kappa shape index (κ2) is 6.00. The van der Waals surface area contributed by atoms with Gasteiger partial charge in [0.25, 0.3) is 0 Å². The molecule has 0 spiro atoms. The van der Waals surface area contributed by atoms with Crippen LogP contribution < -0.4 is 11.1 Å². The topological polar surface area (TPSA) is 92.4 Å². The summed E-state index contributed by atoms with van der Waals surface area (Å²) < 4.78 is 0. The summed E-state index contributed by atoms with van der Waals surface area (Å²) in [5.74, 6) is -0.726. The summed E-state index contributed by atoms with van der Waals surface area (Å²) in [4.78, 5) is 22.6. The number of hydrogen-bond acceptors (Lipinski definition) is 3. The zero-order valence-corrected chi connectivity index (χ0v) is 10.4. The molecule has 0 aromatic rings. The van der Waals surface area contributed by atoms with Crippen molar-refractivity contribution in [3.05, 3.63) is 0 Å². The van der Waals surface area contributed by atoms with E-state index in [1.165, 1.54) is 0 Å². The van der Waals surface area contributed by atoms with Gasteiger partial charge in [-0.2, -0.15) is 0 Å². The minimum atomic E-state index is -0.851. The maximum atomic E-state index is 11.8. The Balaban J connectivity index is 2.45. The molecule has 0 heterocycles. The molecule has 1 rings (SSSR count). The number of amides is 1. The van der Waals surface area contributed by atoms with Crippen molar-refractivity contribution < 1.29 is 14.7 Å². The van der Waals surface area contributed by atoms with Crippen LogP contribution in [0, 0.1) is 5.92 Å². The van der Waals surface area contributed by atoms with Crippen LogP contribution in [0.2, 0.25) is 0 Å². The maximum Gasteiger partial charge on any atom is 0.305 e. The fraction of sp³-hybridized carbons (Fsp3) is 0.833. The van der Waals surface area contributed by atoms with Crippen LogP contribution in [0.25, 0.3) is 0 Å². The van der Waals surface area contributed by atoms with E-state index in [2.05, 4.69) is 5.32 Å². The first-order chi connectivity index (χ1) is 8.01. The molecule has 1 aliphatic carbocycles. The Kier molecular flexibility index (Phi) is 4.93. The zero-order chi connectivity index (χ0) is 12.9. The highest BCUT2D eigenvalue weighted by molar-refractivity contribution is 5.78. The van der Waals surface area contributed by atoms with E-state index in [9.17, 15) is 9.59 Å². The number of aliphatic carboxylic acids is 1. The quantitative estimate of drug-likeness (QED) is 0.617. The number of nitrogens with two attached hydrogens (primary N) is 1. The first kappa shape index (κ1) is 14.0. The lowest BCUT2D eigenvalue weighted by Gasteiger charge is -2.41. The molecule has 4 N–H and O–H groups in total. The van der Waals surface area contributed by atoms with Crippen molar-refractivity contribution in [2.45, 2.75) is 51.0 Å². The zero-order valence-electron chi connectivity index (χ0n) is 10.4. The van der Waals surface area contributed by atoms with Gasteiger partial charge in [0.2, 0.25) is 5.91 Å². The minimum absolute atomic E-state index is 0.0259. The van der Waals surface area contributed by atoms with Crippen LogP contribution in [0.5, 0.6) is 0 Å². The average Bonchev–Trinajstić information content (AvgIpc) is 2.22. The normalized spacial score (nSPS) is 19.2. The Morgan fingerprint density at radius 3 is 2.47 bits per heavy atom. The fourth-order valence-electron chi connectivity index (χ4n) is 2.24. The molecule has 1 amide bonds. The minimum Gasteiger partial charge on any atom is -0.481 e. The predicted molar refractivity (Wildman–Crippen MR) is 64.4 cm³/mol. The van der Waals surface area contributed by atoms with Gasteiger partial charge in [-0.15, -0.1) is 0 Å². The van der Waals surface area contributed by atoms with E-state index in [1.54, 1.807) is 0 Å². The third-order valence-electron chi connectivity index (χ3n) is 3.59. The fourth-order valence-corrected chi connectivity index (χ4v) is 2.24. The molecule has 0 aromatic heterocycles. The lowest BCUT2D eigenvalue weighted by molar-refractivity contribution is -0.140. The van der Waals surface area contributed by atoms with Crippen molar-refractivity contribution in [2.75, 3.05) is 6.54 Å². The number of carbonyl (C=O) groups is 2. The molecular formula is C12H22N2O3. The van der Waals surface area contributed by atoms with Gasteiger partial charge < -0.3 is 16.2 Å². The highest BCUT2D eigenvalue weighted by atomic mass is 16.4. The molecule has 0 saturated heterocycles. The summed E-state index contributed by atoms with van der Waals surface area (Å²) in [6.07, 6.45) is 3.82. The van der Waals surface area contributed by atoms with Crippen molar-refractivity contribution >= 4 is 11.9 Å². The van der Waals surface area contributed by atoms with Crippen LogP contribution in [-0.4, -0.2) is 29.1 Å². The van der Waals surface area contributed by atoms with Gasteiger partial charge >= 0.3 is 5.97 Å². The summed E-state index contributed by atoms with van der Waals surface area (Å²) >= 11 is 0. The van der Waals surface area contributed by atoms with E-state index in [1.807, 2.05) is 6.92 Å². The lowest BCUT2D eigenvalue weighted by atomic mass is 9.74. The molecule has 1 saturated carbocycles. The average molecular weight is 242 g/mol. The first-order valence-electron chi connectivity index (χ1n) is 6.24. The monoisotopic (exact) mass is 242 g/mol. The summed E-state index contributed by atoms with van der Waals surface area (Å²) in [5.41, 5.74) is 5.06. The van der Waals surface area contributed by atoms with Gasteiger partial charge in [0.15, 0.2) is 0 Å². The summed E-state index contributed by atoms with van der Waals surface area (Å²) in [6, 6.07) is 0. The molecule has 5 nitrogen and oxygen atoms in total. The van der Waals surface area contributed by atoms with Crippen molar-refractivity contribution in [1.29, 1.82) is 0 Å². The SMILES string of the molecule is CCC(CN)CC(=O)NC1(CC(=O)O)CCC1. The van der Waals surface area contributed by atoms with Gasteiger partial charge in [0.1, 0.15) is 0 Å². The molecule has 98 valence electrons. The van der Waals surface area contributed by atoms with Crippen LogP contribution in [0.4, 0.5) is 0 Å². The van der Waals surface area contributed by atoms with Gasteiger partial charge in [-0.1, -0.05) is 13.3 Å². The van der Waals surface area contributed by atoms with Crippen molar-refractivity contribution in [2.24, 2.45) is 11.7 Å². The van der Waals surface area contributed by atoms with E-state index >= 15 is 0 Å². The van der Waals surface area contributed by atoms with E-state index < -0.39 is 11.5 Å². The van der Waals surface area contributed by atoms with Crippen LogP contribution in [-0.2, 0) is 9.59 Å². The summed E-state index contributed by atoms with van der Waals surface area (Å²) in [7, 11) is 0. The molecule has 1 atom stereocenters. The van der Waals surface area contributed by atoms with E-state index in [0.717, 1.165) is 25.7 Å². The number of carboxylic acids is 1. The molecule has 17 heavy (non-hydrogen) atoms. The first-order valence-corrected chi connectivity index (χ1v) is 6.24. The Hall–Kier alpha value is -1.10. The highest BCUT2D eigenvalue weighted by Crippen LogP contribution is 2.35. The highest BCUT2D eigenvalue weighted by Gasteiger charge is 2.40. The molecule has 1 fully saturated rings. The van der Waals surface area contributed by atoms with Crippen LogP contribution in [0.1, 0.15) is 45.4 Å². The second-order valence-corrected chi connectivity index (χ2v) is 4.97. The second-order valence-electron chi connectivity index (χ2n) is 4.97. The van der Waals surface area contributed by atoms with Crippen LogP contribution in [0.15, 0.2) is 0 Å². The molecule has 0 aromatic carbocycles. The van der Waals surface area contributed by atoms with Gasteiger partial charge in [0.05, 0.1) is 12.0 Å². The molecule has 1 unspecified atom stereocenters. The summed E-state index contributed by atoms with van der Waals surface area (Å²) in [5, 5.41) is 11.7. The molecule has 1 aliphatic rings. The van der Waals surface area contributed by atoms with E-state index in [-0.39, 0.29) is 18.2 Å². The van der Waals surface area contributed by atoms with Crippen molar-refractivity contribution in [1.82, 2.24) is 5.32 Å². The number of carbonyl (C=O) groups excluding carboxylic acids is 1. The van der Waals surface area contributed by atoms with Gasteiger partial charge in [-0.05, 0) is 31.7 Å². The maximum absolute atomic E-state index is 11.8. The van der Waals surface area contributed by atoms with Gasteiger partial charge in [-0.3, -0.25) is 9.59 Å². The smallest absolute Gasteiger partial charge is 0.305 e. The van der Waals surface area contributed by atoms with Gasteiger partial charge in [0, 0.05) is 6.42 Å². The number of carboxylic acid groups (broad SMARTS) is 1. The third kappa shape index (κ3) is 4.00. The predicted octanol–water partition coefficient (Wildman–Crippen LogP) is 0.875. The Morgan fingerprint density at radius 1 is 1.47 bits per heavy atom. The van der Waals surface area contributed by atoms with Crippen LogP contribution >= 0.6 is 0 Å². The third-order valence-corrected chi connectivity index (χ3v) is 3.59. The van der Waals surface area contributed by atoms with Crippen LogP contribution in [0.3, 0.4) is 0 Å². The summed E-state index contributed by atoms with van der Waals surface area (Å²) in [6.45, 7) is 2.50. The van der Waals surface area contributed by atoms with Crippen molar-refractivity contribution in [3.63, 3.8) is 0 Å². The van der Waals surface area contributed by atoms with Gasteiger partial charge in [-0.25, -0.2) is 0 Å². The Bertz CT molecular complexity index is 283. The molecule has 0 aliphatic heterocycles. The molecular weight excluding hydrogens is 220 g/mol. The molecule has 0 radical (unpaired) electrons. The van der Waals surface area contributed by atoms with E-state index in [4.69, 9.17) is 10.8 Å². The Labute approximate surface area is 102 Å². The number of rotatable bonds is 7. The standard InChI is InChI=1S/C12H22N2O3/c1-2-9(8-13)6-10(15)14-12(4-3-5-12)7-11(16)17/h9H,2-8,13H2,1H3,(H,14,15)(H,16,17). The Morgan fingerprint density at radius 2 is 2.12 bits per heavy atom. The lowest BCUT2D eigenvalue weighted by Crippen LogP contribution is -2.55.